The van der Waals surface area contributed by atoms with Crippen molar-refractivity contribution in [1.82, 2.24) is 5.01 Å². The summed E-state index contributed by atoms with van der Waals surface area (Å²) in [6.45, 7) is 0.452. The minimum atomic E-state index is -0.744. The first-order chi connectivity index (χ1) is 11.3. The summed E-state index contributed by atoms with van der Waals surface area (Å²) >= 11 is 0. The SMILES string of the molecule is O=C1[C@@H]2N=NN(Cc3ccccc3)[C@H]2C(=O)N1c1ccccc1. The number of anilines is 1. The average molecular weight is 306 g/mol. The molecule has 2 amide bonds. The molecule has 0 saturated carbocycles. The highest BCUT2D eigenvalue weighted by Crippen LogP contribution is 2.32. The maximum atomic E-state index is 12.7. The highest BCUT2D eigenvalue weighted by molar-refractivity contribution is 6.25. The van der Waals surface area contributed by atoms with Crippen LogP contribution in [0.25, 0.3) is 0 Å². The predicted molar refractivity (Wildman–Crippen MR) is 83.4 cm³/mol. The fourth-order valence-electron chi connectivity index (χ4n) is 2.96. The van der Waals surface area contributed by atoms with Gasteiger partial charge in [-0.3, -0.25) is 14.6 Å². The number of para-hydroxylation sites is 1. The van der Waals surface area contributed by atoms with Gasteiger partial charge >= 0.3 is 0 Å². The van der Waals surface area contributed by atoms with Crippen molar-refractivity contribution in [3.63, 3.8) is 0 Å². The number of amides is 2. The molecular weight excluding hydrogens is 292 g/mol. The molecule has 2 aliphatic rings. The van der Waals surface area contributed by atoms with Gasteiger partial charge in [-0.15, -0.1) is 0 Å². The Hall–Kier alpha value is -3.02. The van der Waals surface area contributed by atoms with E-state index in [9.17, 15) is 9.59 Å². The van der Waals surface area contributed by atoms with Crippen LogP contribution in [0.5, 0.6) is 0 Å². The lowest BCUT2D eigenvalue weighted by atomic mass is 10.1. The number of rotatable bonds is 3. The molecule has 114 valence electrons. The predicted octanol–water partition coefficient (Wildman–Crippen LogP) is 2.18. The first kappa shape index (κ1) is 13.6. The van der Waals surface area contributed by atoms with Crippen LogP contribution in [0, 0.1) is 0 Å². The van der Waals surface area contributed by atoms with Gasteiger partial charge in [-0.05, 0) is 17.7 Å². The van der Waals surface area contributed by atoms with Crippen LogP contribution in [-0.2, 0) is 16.1 Å². The molecule has 1 saturated heterocycles. The van der Waals surface area contributed by atoms with E-state index >= 15 is 0 Å². The number of carbonyl (C=O) groups is 2. The molecule has 2 aromatic rings. The molecule has 2 aliphatic heterocycles. The first-order valence-corrected chi connectivity index (χ1v) is 7.40. The van der Waals surface area contributed by atoms with E-state index in [4.69, 9.17) is 0 Å². The second-order valence-electron chi connectivity index (χ2n) is 5.53. The summed E-state index contributed by atoms with van der Waals surface area (Å²) < 4.78 is 0. The Labute approximate surface area is 133 Å². The lowest BCUT2D eigenvalue weighted by molar-refractivity contribution is -0.123. The Morgan fingerprint density at radius 3 is 2.22 bits per heavy atom. The van der Waals surface area contributed by atoms with Crippen molar-refractivity contribution in [2.75, 3.05) is 4.90 Å². The van der Waals surface area contributed by atoms with Gasteiger partial charge in [0, 0.05) is 0 Å². The zero-order valence-corrected chi connectivity index (χ0v) is 12.2. The van der Waals surface area contributed by atoms with Gasteiger partial charge < -0.3 is 0 Å². The molecular formula is C17H14N4O2. The van der Waals surface area contributed by atoms with Crippen molar-refractivity contribution in [2.24, 2.45) is 10.3 Å². The summed E-state index contributed by atoms with van der Waals surface area (Å²) in [7, 11) is 0. The van der Waals surface area contributed by atoms with Crippen LogP contribution in [0.15, 0.2) is 71.0 Å². The molecule has 6 nitrogen and oxygen atoms in total. The summed E-state index contributed by atoms with van der Waals surface area (Å²) in [6, 6.07) is 17.2. The smallest absolute Gasteiger partial charge is 0.263 e. The molecule has 0 aliphatic carbocycles. The molecule has 2 heterocycles. The fraction of sp³-hybridized carbons (Fsp3) is 0.176. The molecule has 4 rings (SSSR count). The number of benzene rings is 2. The molecule has 23 heavy (non-hydrogen) atoms. The summed E-state index contributed by atoms with van der Waals surface area (Å²) in [6.07, 6.45) is 0. The van der Waals surface area contributed by atoms with Crippen LogP contribution in [0.1, 0.15) is 5.56 Å². The van der Waals surface area contributed by atoms with Crippen molar-refractivity contribution in [2.45, 2.75) is 18.6 Å². The molecule has 0 aromatic heterocycles. The quantitative estimate of drug-likeness (QED) is 0.816. The lowest BCUT2D eigenvalue weighted by Gasteiger charge is -2.20. The summed E-state index contributed by atoms with van der Waals surface area (Å²) in [5.74, 6) is -0.586. The monoisotopic (exact) mass is 306 g/mol. The third-order valence-electron chi connectivity index (χ3n) is 4.06. The molecule has 0 radical (unpaired) electrons. The zero-order chi connectivity index (χ0) is 15.8. The third-order valence-corrected chi connectivity index (χ3v) is 4.06. The fourth-order valence-corrected chi connectivity index (χ4v) is 2.96. The number of hydrogen-bond acceptors (Lipinski definition) is 5. The van der Waals surface area contributed by atoms with Crippen molar-refractivity contribution >= 4 is 17.5 Å². The minimum absolute atomic E-state index is 0.271. The lowest BCUT2D eigenvalue weighted by Crippen LogP contribution is -2.39. The Balaban J connectivity index is 1.61. The summed E-state index contributed by atoms with van der Waals surface area (Å²) in [4.78, 5) is 26.5. The second-order valence-corrected chi connectivity index (χ2v) is 5.53. The summed E-state index contributed by atoms with van der Waals surface area (Å²) in [5.41, 5.74) is 1.59. The number of carbonyl (C=O) groups excluding carboxylic acids is 2. The standard InChI is InChI=1S/C17H14N4O2/c22-16-14-15(17(23)21(16)13-9-5-2-6-10-13)20(19-18-14)11-12-7-3-1-4-8-12/h1-10,14-15H,11H2/t14-,15-/m1/s1. The molecule has 0 unspecified atom stereocenters. The Morgan fingerprint density at radius 1 is 0.870 bits per heavy atom. The molecule has 6 heteroatoms. The largest absolute Gasteiger partial charge is 0.271 e. The van der Waals surface area contributed by atoms with E-state index in [1.165, 1.54) is 4.90 Å². The van der Waals surface area contributed by atoms with Gasteiger partial charge in [0.25, 0.3) is 11.8 Å². The van der Waals surface area contributed by atoms with E-state index in [1.807, 2.05) is 36.4 Å². The van der Waals surface area contributed by atoms with Crippen LogP contribution >= 0.6 is 0 Å². The van der Waals surface area contributed by atoms with Gasteiger partial charge in [0.15, 0.2) is 12.1 Å². The van der Waals surface area contributed by atoms with Crippen LogP contribution in [0.2, 0.25) is 0 Å². The first-order valence-electron chi connectivity index (χ1n) is 7.40. The van der Waals surface area contributed by atoms with E-state index in [1.54, 1.807) is 29.3 Å². The van der Waals surface area contributed by atoms with E-state index in [2.05, 4.69) is 10.3 Å². The highest BCUT2D eigenvalue weighted by Gasteiger charge is 2.54. The molecule has 0 spiro atoms. The van der Waals surface area contributed by atoms with Crippen molar-refractivity contribution in [1.29, 1.82) is 0 Å². The Kier molecular flexibility index (Phi) is 3.15. The van der Waals surface area contributed by atoms with E-state index < -0.39 is 12.1 Å². The normalized spacial score (nSPS) is 22.8. The van der Waals surface area contributed by atoms with Gasteiger partial charge in [0.1, 0.15) is 0 Å². The van der Waals surface area contributed by atoms with Gasteiger partial charge in [-0.25, -0.2) is 4.90 Å². The van der Waals surface area contributed by atoms with Crippen LogP contribution < -0.4 is 4.90 Å². The molecule has 2 aromatic carbocycles. The summed E-state index contributed by atoms with van der Waals surface area (Å²) in [5, 5.41) is 9.66. The number of imide groups is 1. The van der Waals surface area contributed by atoms with Crippen molar-refractivity contribution in [3.05, 3.63) is 66.2 Å². The number of hydrogen-bond donors (Lipinski definition) is 0. The molecule has 0 N–H and O–H groups in total. The van der Waals surface area contributed by atoms with E-state index in [0.29, 0.717) is 12.2 Å². The van der Waals surface area contributed by atoms with Gasteiger partial charge in [-0.2, -0.15) is 5.11 Å². The van der Waals surface area contributed by atoms with Crippen molar-refractivity contribution in [3.8, 4) is 0 Å². The van der Waals surface area contributed by atoms with Gasteiger partial charge in [0.05, 0.1) is 12.2 Å². The van der Waals surface area contributed by atoms with E-state index in [-0.39, 0.29) is 11.8 Å². The van der Waals surface area contributed by atoms with Gasteiger partial charge in [0.2, 0.25) is 0 Å². The highest BCUT2D eigenvalue weighted by atomic mass is 16.2. The minimum Gasteiger partial charge on any atom is -0.271 e. The van der Waals surface area contributed by atoms with Crippen LogP contribution in [0.3, 0.4) is 0 Å². The van der Waals surface area contributed by atoms with E-state index in [0.717, 1.165) is 5.56 Å². The zero-order valence-electron chi connectivity index (χ0n) is 12.2. The van der Waals surface area contributed by atoms with Crippen LogP contribution in [-0.4, -0.2) is 28.9 Å². The number of nitrogens with zero attached hydrogens (tertiary/aromatic N) is 4. The maximum Gasteiger partial charge on any atom is 0.263 e. The molecule has 1 fully saturated rings. The molecule has 2 atom stereocenters. The topological polar surface area (TPSA) is 65.3 Å². The van der Waals surface area contributed by atoms with Gasteiger partial charge in [-0.1, -0.05) is 53.8 Å². The van der Waals surface area contributed by atoms with Crippen molar-refractivity contribution < 1.29 is 9.59 Å². The third kappa shape index (κ3) is 2.19. The number of fused-ring (bicyclic) bond motifs is 1. The Bertz CT molecular complexity index is 776. The average Bonchev–Trinajstić information content (AvgIpc) is 3.10. The molecule has 0 bridgehead atoms. The Morgan fingerprint density at radius 2 is 1.52 bits per heavy atom. The maximum absolute atomic E-state index is 12.7. The van der Waals surface area contributed by atoms with Crippen LogP contribution in [0.4, 0.5) is 5.69 Å². The second kappa shape index (κ2) is 5.31.